The van der Waals surface area contributed by atoms with Gasteiger partial charge in [-0.25, -0.2) is 4.79 Å². The summed E-state index contributed by atoms with van der Waals surface area (Å²) >= 11 is 0. The molecule has 0 spiro atoms. The van der Waals surface area contributed by atoms with Gasteiger partial charge in [-0.15, -0.1) is 0 Å². The lowest BCUT2D eigenvalue weighted by Crippen LogP contribution is -2.27. The van der Waals surface area contributed by atoms with E-state index >= 15 is 0 Å². The van der Waals surface area contributed by atoms with Crippen LogP contribution in [0.4, 0.5) is 16.2 Å². The molecule has 7 nitrogen and oxygen atoms in total. The Balaban J connectivity index is 1.90. The molecule has 3 N–H and O–H groups in total. The minimum absolute atomic E-state index is 0.320. The number of rotatable bonds is 2. The molecule has 2 aromatic carbocycles. The molecule has 140 valence electrons. The van der Waals surface area contributed by atoms with Gasteiger partial charge in [0, 0.05) is 16.8 Å². The van der Waals surface area contributed by atoms with Crippen molar-refractivity contribution in [3.63, 3.8) is 0 Å². The number of ether oxygens (including phenoxy) is 1. The first-order chi connectivity index (χ1) is 12.7. The van der Waals surface area contributed by atoms with Gasteiger partial charge in [0.05, 0.1) is 17.3 Å². The molecule has 0 aliphatic carbocycles. The molecule has 27 heavy (non-hydrogen) atoms. The molecule has 0 saturated heterocycles. The molecular weight excluding hydrogens is 344 g/mol. The highest BCUT2D eigenvalue weighted by Gasteiger charge is 2.20. The van der Waals surface area contributed by atoms with E-state index in [9.17, 15) is 9.59 Å². The molecule has 0 unspecified atom stereocenters. The van der Waals surface area contributed by atoms with E-state index in [4.69, 9.17) is 10.5 Å². The van der Waals surface area contributed by atoms with Gasteiger partial charge in [-0.2, -0.15) is 9.78 Å². The lowest BCUT2D eigenvalue weighted by molar-refractivity contribution is 0.0522. The van der Waals surface area contributed by atoms with Gasteiger partial charge in [0.25, 0.3) is 5.91 Å². The number of nitrogens with two attached hydrogens (primary N) is 1. The molecule has 0 aliphatic rings. The van der Waals surface area contributed by atoms with Gasteiger partial charge < -0.3 is 15.8 Å². The topological polar surface area (TPSA) is 99.2 Å². The number of carbonyl (C=O) groups is 2. The van der Waals surface area contributed by atoms with Crippen LogP contribution in [0.15, 0.2) is 42.6 Å². The summed E-state index contributed by atoms with van der Waals surface area (Å²) in [5.41, 5.74) is 8.10. The van der Waals surface area contributed by atoms with Gasteiger partial charge >= 0.3 is 6.09 Å². The third kappa shape index (κ3) is 3.92. The summed E-state index contributed by atoms with van der Waals surface area (Å²) < 4.78 is 6.54. The first-order valence-electron chi connectivity index (χ1n) is 8.53. The van der Waals surface area contributed by atoms with Crippen molar-refractivity contribution >= 4 is 34.3 Å². The van der Waals surface area contributed by atoms with Crippen molar-refractivity contribution in [3.8, 4) is 0 Å². The number of nitrogens with one attached hydrogen (secondary N) is 1. The minimum Gasteiger partial charge on any atom is -0.442 e. The minimum atomic E-state index is -0.635. The van der Waals surface area contributed by atoms with Crippen LogP contribution in [0.3, 0.4) is 0 Å². The Morgan fingerprint density at radius 3 is 2.63 bits per heavy atom. The molecule has 0 radical (unpaired) electrons. The number of carbonyl (C=O) groups excluding carboxylic acids is 2. The third-order valence-corrected chi connectivity index (χ3v) is 3.96. The average molecular weight is 366 g/mol. The zero-order chi connectivity index (χ0) is 19.8. The maximum Gasteiger partial charge on any atom is 0.435 e. The molecule has 1 amide bonds. The number of para-hydroxylation sites is 1. The fourth-order valence-corrected chi connectivity index (χ4v) is 2.62. The second kappa shape index (κ2) is 6.75. The zero-order valence-electron chi connectivity index (χ0n) is 15.7. The summed E-state index contributed by atoms with van der Waals surface area (Å²) in [6.07, 6.45) is 0.993. The lowest BCUT2D eigenvalue weighted by atomic mass is 10.1. The highest BCUT2D eigenvalue weighted by atomic mass is 16.6. The van der Waals surface area contributed by atoms with E-state index in [1.807, 2.05) is 13.0 Å². The second-order valence-electron chi connectivity index (χ2n) is 7.30. The number of aryl methyl sites for hydroxylation is 1. The molecule has 0 aliphatic heterocycles. The van der Waals surface area contributed by atoms with Crippen molar-refractivity contribution in [2.24, 2.45) is 0 Å². The van der Waals surface area contributed by atoms with E-state index in [1.54, 1.807) is 57.3 Å². The predicted molar refractivity (Wildman–Crippen MR) is 105 cm³/mol. The Labute approximate surface area is 157 Å². The Bertz CT molecular complexity index is 1030. The summed E-state index contributed by atoms with van der Waals surface area (Å²) in [6, 6.07) is 10.5. The van der Waals surface area contributed by atoms with Gasteiger partial charge in [-0.05, 0) is 57.5 Å². The second-order valence-corrected chi connectivity index (χ2v) is 7.30. The van der Waals surface area contributed by atoms with Crippen LogP contribution >= 0.6 is 0 Å². The Morgan fingerprint density at radius 2 is 1.93 bits per heavy atom. The number of anilines is 2. The number of nitrogen functional groups attached to an aromatic ring is 1. The van der Waals surface area contributed by atoms with Crippen molar-refractivity contribution in [2.45, 2.75) is 33.3 Å². The number of hydrogen-bond acceptors (Lipinski definition) is 5. The van der Waals surface area contributed by atoms with E-state index in [0.717, 1.165) is 10.9 Å². The first kappa shape index (κ1) is 18.4. The van der Waals surface area contributed by atoms with Crippen LogP contribution in [-0.2, 0) is 4.74 Å². The summed E-state index contributed by atoms with van der Waals surface area (Å²) in [5.74, 6) is -0.320. The first-order valence-corrected chi connectivity index (χ1v) is 8.53. The van der Waals surface area contributed by atoms with Crippen molar-refractivity contribution in [1.82, 2.24) is 9.78 Å². The lowest BCUT2D eigenvalue weighted by Gasteiger charge is -2.19. The van der Waals surface area contributed by atoms with Crippen LogP contribution < -0.4 is 11.1 Å². The largest absolute Gasteiger partial charge is 0.442 e. The molecule has 3 rings (SSSR count). The van der Waals surface area contributed by atoms with Crippen LogP contribution in [0.25, 0.3) is 10.9 Å². The number of benzene rings is 2. The summed E-state index contributed by atoms with van der Waals surface area (Å²) in [5, 5.41) is 7.66. The highest BCUT2D eigenvalue weighted by Crippen LogP contribution is 2.22. The normalized spacial score (nSPS) is 11.4. The molecule has 1 heterocycles. The Kier molecular flexibility index (Phi) is 4.61. The van der Waals surface area contributed by atoms with E-state index in [0.29, 0.717) is 22.5 Å². The number of nitrogens with zero attached hydrogens (tertiary/aromatic N) is 2. The Morgan fingerprint density at radius 1 is 1.19 bits per heavy atom. The van der Waals surface area contributed by atoms with E-state index in [1.165, 1.54) is 4.68 Å². The predicted octanol–water partition coefficient (Wildman–Crippen LogP) is 3.96. The number of hydrogen-bond donors (Lipinski definition) is 2. The van der Waals surface area contributed by atoms with Gasteiger partial charge in [0.2, 0.25) is 0 Å². The zero-order valence-corrected chi connectivity index (χ0v) is 15.7. The molecule has 0 bridgehead atoms. The fourth-order valence-electron chi connectivity index (χ4n) is 2.62. The fraction of sp³-hybridized carbons (Fsp3) is 0.250. The van der Waals surface area contributed by atoms with Gasteiger partial charge in [-0.1, -0.05) is 12.1 Å². The van der Waals surface area contributed by atoms with E-state index in [2.05, 4.69) is 10.4 Å². The van der Waals surface area contributed by atoms with Gasteiger partial charge in [-0.3, -0.25) is 4.79 Å². The number of aromatic nitrogens is 2. The molecule has 0 saturated carbocycles. The summed E-state index contributed by atoms with van der Waals surface area (Å²) in [7, 11) is 0. The third-order valence-electron chi connectivity index (χ3n) is 3.96. The highest BCUT2D eigenvalue weighted by molar-refractivity contribution is 6.08. The van der Waals surface area contributed by atoms with Crippen LogP contribution in [0.1, 0.15) is 36.7 Å². The quantitative estimate of drug-likeness (QED) is 0.669. The maximum atomic E-state index is 12.6. The van der Waals surface area contributed by atoms with Crippen LogP contribution in [0.5, 0.6) is 0 Å². The van der Waals surface area contributed by atoms with E-state index in [-0.39, 0.29) is 5.91 Å². The average Bonchev–Trinajstić information content (AvgIpc) is 2.99. The van der Waals surface area contributed by atoms with Crippen molar-refractivity contribution in [2.75, 3.05) is 11.1 Å². The summed E-state index contributed by atoms with van der Waals surface area (Å²) in [4.78, 5) is 24.9. The van der Waals surface area contributed by atoms with Crippen LogP contribution in [0.2, 0.25) is 0 Å². The van der Waals surface area contributed by atoms with Crippen LogP contribution in [-0.4, -0.2) is 27.4 Å². The standard InChI is InChI=1S/C20H22N4O3/c1-12-6-5-7-15(17(12)21)18(25)23-14-9-8-13-11-22-24(16(13)10-14)19(26)27-20(2,3)4/h5-11H,21H2,1-4H3,(H,23,25). The van der Waals surface area contributed by atoms with Crippen LogP contribution in [0, 0.1) is 6.92 Å². The molecule has 7 heteroatoms. The van der Waals surface area contributed by atoms with E-state index < -0.39 is 11.7 Å². The number of fused-ring (bicyclic) bond motifs is 1. The van der Waals surface area contributed by atoms with Crippen molar-refractivity contribution in [3.05, 3.63) is 53.7 Å². The summed E-state index contributed by atoms with van der Waals surface area (Å²) in [6.45, 7) is 7.20. The Hall–Kier alpha value is -3.35. The monoisotopic (exact) mass is 366 g/mol. The van der Waals surface area contributed by atoms with Gasteiger partial charge in [0.15, 0.2) is 0 Å². The molecule has 3 aromatic rings. The molecule has 0 fully saturated rings. The van der Waals surface area contributed by atoms with Crippen molar-refractivity contribution < 1.29 is 14.3 Å². The SMILES string of the molecule is Cc1cccc(C(=O)Nc2ccc3cnn(C(=O)OC(C)(C)C)c3c2)c1N. The number of amides is 1. The molecular formula is C20H22N4O3. The molecule has 0 atom stereocenters. The van der Waals surface area contributed by atoms with Gasteiger partial charge in [0.1, 0.15) is 5.60 Å². The smallest absolute Gasteiger partial charge is 0.435 e. The molecule has 1 aromatic heterocycles. The maximum absolute atomic E-state index is 12.6. The van der Waals surface area contributed by atoms with Crippen molar-refractivity contribution in [1.29, 1.82) is 0 Å².